The van der Waals surface area contributed by atoms with Crippen molar-refractivity contribution in [2.24, 2.45) is 0 Å². The fourth-order valence-electron chi connectivity index (χ4n) is 1.89. The Kier molecular flexibility index (Phi) is 5.38. The molecule has 0 saturated carbocycles. The molecular weight excluding hydrogens is 335 g/mol. The molecule has 0 saturated heterocycles. The van der Waals surface area contributed by atoms with Crippen LogP contribution < -0.4 is 9.47 Å². The van der Waals surface area contributed by atoms with Gasteiger partial charge in [0.15, 0.2) is 0 Å². The number of aryl methyl sites for hydroxylation is 1. The number of hydrogen-bond donors (Lipinski definition) is 0. The van der Waals surface area contributed by atoms with Crippen LogP contribution in [0.3, 0.4) is 0 Å². The Morgan fingerprint density at radius 1 is 0.833 bits per heavy atom. The molecule has 0 aliphatic heterocycles. The summed E-state index contributed by atoms with van der Waals surface area (Å²) in [4.78, 5) is 11.5. The Labute approximate surface area is 133 Å². The molecule has 8 heteroatoms. The van der Waals surface area contributed by atoms with E-state index in [-0.39, 0.29) is 5.75 Å². The summed E-state index contributed by atoms with van der Waals surface area (Å²) in [6.45, 7) is 1.98. The van der Waals surface area contributed by atoms with Crippen molar-refractivity contribution in [2.75, 3.05) is 0 Å². The van der Waals surface area contributed by atoms with Gasteiger partial charge in [0.25, 0.3) is 0 Å². The largest absolute Gasteiger partial charge is 0.519 e. The Morgan fingerprint density at radius 3 is 1.83 bits per heavy atom. The fourth-order valence-corrected chi connectivity index (χ4v) is 1.89. The zero-order chi connectivity index (χ0) is 17.9. The van der Waals surface area contributed by atoms with Crippen molar-refractivity contribution in [2.45, 2.75) is 19.8 Å². The highest BCUT2D eigenvalue weighted by atomic mass is 19.2. The number of ether oxygens (including phenoxy) is 2. The van der Waals surface area contributed by atoms with Gasteiger partial charge in [-0.25, -0.2) is 18.0 Å². The van der Waals surface area contributed by atoms with E-state index in [0.717, 1.165) is 18.4 Å². The van der Waals surface area contributed by atoms with Crippen molar-refractivity contribution >= 4 is 6.16 Å². The molecule has 0 N–H and O–H groups in total. The lowest BCUT2D eigenvalue weighted by molar-refractivity contribution is 0.146. The van der Waals surface area contributed by atoms with E-state index >= 15 is 0 Å². The lowest BCUT2D eigenvalue weighted by Crippen LogP contribution is -2.17. The molecule has 0 bridgehead atoms. The van der Waals surface area contributed by atoms with Gasteiger partial charge < -0.3 is 9.47 Å². The quantitative estimate of drug-likeness (QED) is 0.259. The monoisotopic (exact) mass is 346 g/mol. The molecule has 0 fully saturated rings. The Balaban J connectivity index is 2.15. The van der Waals surface area contributed by atoms with Crippen LogP contribution in [0.5, 0.6) is 11.5 Å². The number of carbonyl (C=O) groups excluding carboxylic acids is 1. The summed E-state index contributed by atoms with van der Waals surface area (Å²) in [5, 5.41) is 0. The van der Waals surface area contributed by atoms with Crippen LogP contribution in [0, 0.1) is 29.1 Å². The third kappa shape index (κ3) is 3.64. The molecule has 0 unspecified atom stereocenters. The molecule has 0 heterocycles. The third-order valence-electron chi connectivity index (χ3n) is 3.02. The minimum atomic E-state index is -2.35. The predicted molar refractivity (Wildman–Crippen MR) is 73.3 cm³/mol. The highest BCUT2D eigenvalue weighted by Gasteiger charge is 2.29. The summed E-state index contributed by atoms with van der Waals surface area (Å²) in [5.74, 6) is -13.1. The highest BCUT2D eigenvalue weighted by Crippen LogP contribution is 2.29. The van der Waals surface area contributed by atoms with Gasteiger partial charge in [-0.15, -0.1) is 0 Å². The summed E-state index contributed by atoms with van der Waals surface area (Å²) in [6.07, 6.45) is 0.0686. The molecule has 0 aromatic heterocycles. The van der Waals surface area contributed by atoms with Crippen molar-refractivity contribution in [3.63, 3.8) is 0 Å². The second-order valence-corrected chi connectivity index (χ2v) is 4.75. The average Bonchev–Trinajstić information content (AvgIpc) is 2.57. The second kappa shape index (κ2) is 7.29. The summed E-state index contributed by atoms with van der Waals surface area (Å²) < 4.78 is 74.4. The Morgan fingerprint density at radius 2 is 1.33 bits per heavy atom. The number of rotatable bonds is 4. The standard InChI is InChI=1S/C16H11F5O3/c1-2-3-8-4-6-9(7-5-8)23-16(22)24-15-13(20)11(18)10(17)12(19)14(15)21/h4-7H,2-3H2,1H3. The van der Waals surface area contributed by atoms with E-state index in [2.05, 4.69) is 9.47 Å². The van der Waals surface area contributed by atoms with Gasteiger partial charge in [-0.2, -0.15) is 8.78 Å². The molecule has 0 amide bonds. The lowest BCUT2D eigenvalue weighted by atomic mass is 10.1. The maximum Gasteiger partial charge on any atom is 0.519 e. The van der Waals surface area contributed by atoms with Gasteiger partial charge in [-0.1, -0.05) is 25.5 Å². The summed E-state index contributed by atoms with van der Waals surface area (Å²) >= 11 is 0. The predicted octanol–water partition coefficient (Wildman–Crippen LogP) is 4.91. The normalized spacial score (nSPS) is 10.6. The van der Waals surface area contributed by atoms with Crippen molar-refractivity contribution in [1.82, 2.24) is 0 Å². The van der Waals surface area contributed by atoms with E-state index in [1.54, 1.807) is 12.1 Å². The molecule has 0 radical (unpaired) electrons. The molecule has 2 aromatic carbocycles. The molecule has 2 aromatic rings. The molecule has 0 spiro atoms. The number of carbonyl (C=O) groups is 1. The third-order valence-corrected chi connectivity index (χ3v) is 3.02. The van der Waals surface area contributed by atoms with E-state index in [4.69, 9.17) is 0 Å². The van der Waals surface area contributed by atoms with Crippen molar-refractivity contribution in [3.8, 4) is 11.5 Å². The first-order valence-electron chi connectivity index (χ1n) is 6.85. The fraction of sp³-hybridized carbons (Fsp3) is 0.188. The van der Waals surface area contributed by atoms with Crippen LogP contribution in [0.2, 0.25) is 0 Å². The SMILES string of the molecule is CCCc1ccc(OC(=O)Oc2c(F)c(F)c(F)c(F)c2F)cc1. The van der Waals surface area contributed by atoms with Crippen LogP contribution in [-0.4, -0.2) is 6.16 Å². The Bertz CT molecular complexity index is 730. The topological polar surface area (TPSA) is 35.5 Å². The van der Waals surface area contributed by atoms with Crippen LogP contribution in [0.15, 0.2) is 24.3 Å². The van der Waals surface area contributed by atoms with Crippen LogP contribution in [0.1, 0.15) is 18.9 Å². The van der Waals surface area contributed by atoms with Gasteiger partial charge in [-0.3, -0.25) is 0 Å². The van der Waals surface area contributed by atoms with E-state index in [9.17, 15) is 26.7 Å². The van der Waals surface area contributed by atoms with Crippen LogP contribution in [0.25, 0.3) is 0 Å². The molecule has 0 aliphatic rings. The number of halogens is 5. The van der Waals surface area contributed by atoms with Gasteiger partial charge in [-0.05, 0) is 24.1 Å². The average molecular weight is 346 g/mol. The first-order valence-corrected chi connectivity index (χ1v) is 6.85. The second-order valence-electron chi connectivity index (χ2n) is 4.75. The maximum atomic E-state index is 13.4. The maximum absolute atomic E-state index is 13.4. The number of benzene rings is 2. The summed E-state index contributed by atoms with van der Waals surface area (Å²) in [7, 11) is 0. The molecule has 128 valence electrons. The minimum Gasteiger partial charge on any atom is -0.395 e. The first-order chi connectivity index (χ1) is 11.3. The van der Waals surface area contributed by atoms with Gasteiger partial charge in [0, 0.05) is 0 Å². The van der Waals surface area contributed by atoms with Gasteiger partial charge in [0.1, 0.15) is 5.75 Å². The van der Waals surface area contributed by atoms with E-state index < -0.39 is 41.0 Å². The zero-order valence-electron chi connectivity index (χ0n) is 12.3. The minimum absolute atomic E-state index is 0.0104. The van der Waals surface area contributed by atoms with Crippen molar-refractivity contribution in [3.05, 3.63) is 58.9 Å². The van der Waals surface area contributed by atoms with Crippen molar-refractivity contribution in [1.29, 1.82) is 0 Å². The zero-order valence-corrected chi connectivity index (χ0v) is 12.3. The smallest absolute Gasteiger partial charge is 0.395 e. The molecule has 0 aliphatic carbocycles. The number of hydrogen-bond acceptors (Lipinski definition) is 3. The highest BCUT2D eigenvalue weighted by molar-refractivity contribution is 5.67. The lowest BCUT2D eigenvalue weighted by Gasteiger charge is -2.09. The molecule has 2 rings (SSSR count). The van der Waals surface area contributed by atoms with Crippen LogP contribution in [-0.2, 0) is 6.42 Å². The molecule has 3 nitrogen and oxygen atoms in total. The summed E-state index contributed by atoms with van der Waals surface area (Å²) in [5.41, 5.74) is 0.970. The first kappa shape index (κ1) is 17.7. The van der Waals surface area contributed by atoms with Crippen LogP contribution >= 0.6 is 0 Å². The van der Waals surface area contributed by atoms with E-state index in [1.807, 2.05) is 6.92 Å². The van der Waals surface area contributed by atoms with Gasteiger partial charge >= 0.3 is 6.16 Å². The molecule has 24 heavy (non-hydrogen) atoms. The van der Waals surface area contributed by atoms with E-state index in [1.165, 1.54) is 12.1 Å². The van der Waals surface area contributed by atoms with Crippen LogP contribution in [0.4, 0.5) is 26.7 Å². The van der Waals surface area contributed by atoms with Gasteiger partial charge in [0.2, 0.25) is 34.8 Å². The summed E-state index contributed by atoms with van der Waals surface area (Å²) in [6, 6.07) is 6.13. The molecular formula is C16H11F5O3. The Hall–Kier alpha value is -2.64. The van der Waals surface area contributed by atoms with Crippen molar-refractivity contribution < 1.29 is 36.2 Å². The molecule has 0 atom stereocenters. The van der Waals surface area contributed by atoms with Gasteiger partial charge in [0.05, 0.1) is 0 Å². The van der Waals surface area contributed by atoms with E-state index in [0.29, 0.717) is 0 Å².